The zero-order chi connectivity index (χ0) is 15.3. The van der Waals surface area contributed by atoms with E-state index in [0.29, 0.717) is 0 Å². The van der Waals surface area contributed by atoms with Gasteiger partial charge in [-0.15, -0.1) is 0 Å². The molecule has 0 atom stereocenters. The highest BCUT2D eigenvalue weighted by Gasteiger charge is 2.61. The summed E-state index contributed by atoms with van der Waals surface area (Å²) >= 11 is 0. The molecule has 1 aliphatic carbocycles. The van der Waals surface area contributed by atoms with Crippen LogP contribution in [0, 0.1) is 31.2 Å². The van der Waals surface area contributed by atoms with E-state index in [2.05, 4.69) is 32.5 Å². The lowest BCUT2D eigenvalue weighted by Crippen LogP contribution is -2.72. The van der Waals surface area contributed by atoms with Crippen LogP contribution >= 0.6 is 0 Å². The topological polar surface area (TPSA) is 39.6 Å². The second-order valence-corrected chi connectivity index (χ2v) is 7.14. The first-order chi connectivity index (χ1) is 9.12. The molecule has 0 aliphatic heterocycles. The van der Waals surface area contributed by atoms with Crippen LogP contribution in [0.2, 0.25) is 0 Å². The summed E-state index contributed by atoms with van der Waals surface area (Å²) in [6.45, 7) is 19.7. The van der Waals surface area contributed by atoms with E-state index in [-0.39, 0.29) is 23.0 Å². The molecule has 3 nitrogen and oxygen atoms in total. The Morgan fingerprint density at radius 2 is 1.55 bits per heavy atom. The Kier molecular flexibility index (Phi) is 3.34. The van der Waals surface area contributed by atoms with Gasteiger partial charge in [-0.05, 0) is 37.1 Å². The summed E-state index contributed by atoms with van der Waals surface area (Å²) in [7, 11) is 0. The van der Waals surface area contributed by atoms with E-state index in [1.54, 1.807) is 0 Å². The van der Waals surface area contributed by atoms with E-state index >= 15 is 0 Å². The van der Waals surface area contributed by atoms with Gasteiger partial charge in [-0.3, -0.25) is 0 Å². The van der Waals surface area contributed by atoms with Crippen molar-refractivity contribution in [2.75, 3.05) is 0 Å². The Bertz CT molecular complexity index is 542. The SMILES string of the molecule is [C-]#[N+]c1c(C)cc(OC2C(C)(C)C(N)C2(C)C)cc1C. The molecule has 0 unspecified atom stereocenters. The van der Waals surface area contributed by atoms with Crippen molar-refractivity contribution in [2.24, 2.45) is 16.6 Å². The Morgan fingerprint density at radius 3 is 1.95 bits per heavy atom. The van der Waals surface area contributed by atoms with Crippen molar-refractivity contribution in [2.45, 2.75) is 53.7 Å². The zero-order valence-corrected chi connectivity index (χ0v) is 13.2. The maximum Gasteiger partial charge on any atom is 0.193 e. The van der Waals surface area contributed by atoms with Gasteiger partial charge in [0.15, 0.2) is 5.69 Å². The molecular weight excluding hydrogens is 248 g/mol. The Hall–Kier alpha value is -1.53. The number of nitrogens with two attached hydrogens (primary N) is 1. The van der Waals surface area contributed by atoms with Crippen LogP contribution in [0.5, 0.6) is 5.75 Å². The highest BCUT2D eigenvalue weighted by Crippen LogP contribution is 2.54. The second-order valence-electron chi connectivity index (χ2n) is 7.14. The monoisotopic (exact) mass is 272 g/mol. The average Bonchev–Trinajstić information content (AvgIpc) is 2.34. The van der Waals surface area contributed by atoms with Crippen LogP contribution < -0.4 is 10.5 Å². The lowest BCUT2D eigenvalue weighted by Gasteiger charge is -2.61. The summed E-state index contributed by atoms with van der Waals surface area (Å²) in [5.41, 5.74) is 8.84. The molecule has 0 bridgehead atoms. The summed E-state index contributed by atoms with van der Waals surface area (Å²) in [5.74, 6) is 0.838. The average molecular weight is 272 g/mol. The van der Waals surface area contributed by atoms with Gasteiger partial charge in [0.25, 0.3) is 0 Å². The molecule has 0 heterocycles. The summed E-state index contributed by atoms with van der Waals surface area (Å²) < 4.78 is 6.23. The number of ether oxygens (including phenoxy) is 1. The minimum atomic E-state index is -0.0379. The van der Waals surface area contributed by atoms with Crippen LogP contribution in [-0.4, -0.2) is 12.1 Å². The van der Waals surface area contributed by atoms with Crippen molar-refractivity contribution in [3.63, 3.8) is 0 Å². The van der Waals surface area contributed by atoms with Crippen LogP contribution in [0.1, 0.15) is 38.8 Å². The van der Waals surface area contributed by atoms with Gasteiger partial charge in [-0.1, -0.05) is 27.7 Å². The first-order valence-electron chi connectivity index (χ1n) is 7.03. The quantitative estimate of drug-likeness (QED) is 0.827. The molecule has 20 heavy (non-hydrogen) atoms. The van der Waals surface area contributed by atoms with Gasteiger partial charge in [-0.2, -0.15) is 0 Å². The fraction of sp³-hybridized carbons (Fsp3) is 0.588. The molecule has 0 amide bonds. The first kappa shape index (κ1) is 14.9. The van der Waals surface area contributed by atoms with E-state index in [9.17, 15) is 0 Å². The van der Waals surface area contributed by atoms with Gasteiger partial charge in [-0.25, -0.2) is 4.85 Å². The summed E-state index contributed by atoms with van der Waals surface area (Å²) in [4.78, 5) is 3.57. The standard InChI is InChI=1S/C17H24N2O/c1-10-8-12(9-11(2)13(10)19-7)20-15-16(3,4)14(18)17(15,5)6/h8-9,14-15H,18H2,1-6H3. The summed E-state index contributed by atoms with van der Waals surface area (Å²) in [6, 6.07) is 4.04. The molecule has 1 aromatic carbocycles. The van der Waals surface area contributed by atoms with Crippen LogP contribution in [0.15, 0.2) is 12.1 Å². The molecule has 1 saturated carbocycles. The van der Waals surface area contributed by atoms with E-state index < -0.39 is 0 Å². The number of nitrogens with zero attached hydrogens (tertiary/aromatic N) is 1. The van der Waals surface area contributed by atoms with E-state index in [0.717, 1.165) is 22.6 Å². The molecule has 108 valence electrons. The van der Waals surface area contributed by atoms with Crippen LogP contribution in [0.4, 0.5) is 5.69 Å². The lowest BCUT2D eigenvalue weighted by atomic mass is 9.50. The Labute approximate surface area is 121 Å². The fourth-order valence-corrected chi connectivity index (χ4v) is 3.75. The third-order valence-electron chi connectivity index (χ3n) is 4.78. The van der Waals surface area contributed by atoms with Crippen molar-refractivity contribution in [1.82, 2.24) is 0 Å². The molecule has 1 fully saturated rings. The smallest absolute Gasteiger partial charge is 0.193 e. The van der Waals surface area contributed by atoms with E-state index in [4.69, 9.17) is 17.0 Å². The fourth-order valence-electron chi connectivity index (χ4n) is 3.75. The largest absolute Gasteiger partial charge is 0.489 e. The third-order valence-corrected chi connectivity index (χ3v) is 4.78. The van der Waals surface area contributed by atoms with Gasteiger partial charge in [0.05, 0.1) is 6.57 Å². The second kappa shape index (κ2) is 4.49. The number of hydrogen-bond acceptors (Lipinski definition) is 2. The summed E-state index contributed by atoms with van der Waals surface area (Å²) in [5, 5.41) is 0. The maximum atomic E-state index is 7.21. The zero-order valence-electron chi connectivity index (χ0n) is 13.2. The minimum absolute atomic E-state index is 0.0379. The Morgan fingerprint density at radius 1 is 1.10 bits per heavy atom. The molecule has 0 radical (unpaired) electrons. The number of aryl methyl sites for hydroxylation is 2. The number of hydrogen-bond donors (Lipinski definition) is 1. The molecule has 0 aromatic heterocycles. The lowest BCUT2D eigenvalue weighted by molar-refractivity contribution is -0.155. The molecular formula is C17H24N2O. The van der Waals surface area contributed by atoms with Gasteiger partial charge in [0, 0.05) is 16.9 Å². The van der Waals surface area contributed by atoms with Crippen LogP contribution in [-0.2, 0) is 0 Å². The molecule has 0 saturated heterocycles. The first-order valence-corrected chi connectivity index (χ1v) is 7.03. The third kappa shape index (κ3) is 1.99. The van der Waals surface area contributed by atoms with E-state index in [1.807, 2.05) is 26.0 Å². The van der Waals surface area contributed by atoms with Crippen molar-refractivity contribution < 1.29 is 4.74 Å². The molecule has 2 N–H and O–H groups in total. The van der Waals surface area contributed by atoms with Crippen molar-refractivity contribution in [3.05, 3.63) is 34.7 Å². The highest BCUT2D eigenvalue weighted by atomic mass is 16.5. The molecule has 3 heteroatoms. The van der Waals surface area contributed by atoms with Crippen molar-refractivity contribution in [1.29, 1.82) is 0 Å². The van der Waals surface area contributed by atoms with Crippen LogP contribution in [0.25, 0.3) is 4.85 Å². The van der Waals surface area contributed by atoms with Gasteiger partial charge < -0.3 is 10.5 Å². The minimum Gasteiger partial charge on any atom is -0.489 e. The summed E-state index contributed by atoms with van der Waals surface area (Å²) in [6.07, 6.45) is 0.0857. The highest BCUT2D eigenvalue weighted by molar-refractivity contribution is 5.60. The Balaban J connectivity index is 2.30. The molecule has 1 aromatic rings. The van der Waals surface area contributed by atoms with Gasteiger partial charge in [0.1, 0.15) is 11.9 Å². The normalized spacial score (nSPS) is 26.5. The van der Waals surface area contributed by atoms with Gasteiger partial charge >= 0.3 is 0 Å². The predicted octanol–water partition coefficient (Wildman–Crippen LogP) is 3.99. The van der Waals surface area contributed by atoms with Crippen LogP contribution in [0.3, 0.4) is 0 Å². The maximum absolute atomic E-state index is 7.21. The number of benzene rings is 1. The molecule has 0 spiro atoms. The van der Waals surface area contributed by atoms with Gasteiger partial charge in [0.2, 0.25) is 0 Å². The molecule has 2 rings (SSSR count). The van der Waals surface area contributed by atoms with Crippen molar-refractivity contribution in [3.8, 4) is 5.75 Å². The van der Waals surface area contributed by atoms with E-state index in [1.165, 1.54) is 0 Å². The molecule has 1 aliphatic rings. The van der Waals surface area contributed by atoms with Crippen molar-refractivity contribution >= 4 is 5.69 Å². The predicted molar refractivity (Wildman–Crippen MR) is 82.1 cm³/mol. The number of rotatable bonds is 2.